The highest BCUT2D eigenvalue weighted by Gasteiger charge is 2.16. The average molecular weight is 492 g/mol. The summed E-state index contributed by atoms with van der Waals surface area (Å²) in [6.45, 7) is 0. The topological polar surface area (TPSA) is 72.2 Å². The zero-order valence-electron chi connectivity index (χ0n) is 16.4. The molecule has 4 aromatic rings. The SMILES string of the molecule is O=C(CSc1nnc(-c2ccccc2)n1-c1ccccc1)N/N=C/c1cccc(Br)c1. The summed E-state index contributed by atoms with van der Waals surface area (Å²) in [5.74, 6) is 0.665. The highest BCUT2D eigenvalue weighted by molar-refractivity contribution is 9.10. The number of hydrogen-bond donors (Lipinski definition) is 1. The minimum atomic E-state index is -0.222. The van der Waals surface area contributed by atoms with E-state index in [-0.39, 0.29) is 11.7 Å². The number of hydrogen-bond acceptors (Lipinski definition) is 5. The summed E-state index contributed by atoms with van der Waals surface area (Å²) in [6.07, 6.45) is 1.60. The summed E-state index contributed by atoms with van der Waals surface area (Å²) in [4.78, 5) is 12.3. The summed E-state index contributed by atoms with van der Waals surface area (Å²) < 4.78 is 2.91. The van der Waals surface area contributed by atoms with Gasteiger partial charge < -0.3 is 0 Å². The van der Waals surface area contributed by atoms with Crippen LogP contribution in [-0.4, -0.2) is 32.6 Å². The van der Waals surface area contributed by atoms with E-state index in [0.29, 0.717) is 5.16 Å². The minimum Gasteiger partial charge on any atom is -0.272 e. The maximum atomic E-state index is 12.3. The normalized spacial score (nSPS) is 11.0. The molecule has 3 aromatic carbocycles. The van der Waals surface area contributed by atoms with Crippen LogP contribution in [0.5, 0.6) is 0 Å². The Hall–Kier alpha value is -3.23. The second-order valence-corrected chi connectivity index (χ2v) is 8.34. The van der Waals surface area contributed by atoms with Crippen molar-refractivity contribution in [3.05, 3.63) is 95.0 Å². The predicted molar refractivity (Wildman–Crippen MR) is 127 cm³/mol. The smallest absolute Gasteiger partial charge is 0.250 e. The standard InChI is InChI=1S/C23H18BrN5OS/c24-19-11-7-8-17(14-19)15-25-26-21(30)16-31-23-28-27-22(18-9-3-1-4-10-18)29(23)20-12-5-2-6-13-20/h1-15H,16H2,(H,26,30)/b25-15+. The van der Waals surface area contributed by atoms with E-state index >= 15 is 0 Å². The van der Waals surface area contributed by atoms with Crippen molar-refractivity contribution >= 4 is 39.8 Å². The molecule has 154 valence electrons. The first-order valence-corrected chi connectivity index (χ1v) is 11.2. The number of carbonyl (C=O) groups is 1. The van der Waals surface area contributed by atoms with E-state index in [1.54, 1.807) is 6.21 Å². The lowest BCUT2D eigenvalue weighted by Crippen LogP contribution is -2.20. The third-order valence-corrected chi connectivity index (χ3v) is 5.69. The fourth-order valence-electron chi connectivity index (χ4n) is 2.88. The Labute approximate surface area is 192 Å². The first-order chi connectivity index (χ1) is 15.2. The number of aromatic nitrogens is 3. The molecule has 0 radical (unpaired) electrons. The van der Waals surface area contributed by atoms with Crippen LogP contribution in [0.1, 0.15) is 5.56 Å². The van der Waals surface area contributed by atoms with Gasteiger partial charge in [0.15, 0.2) is 11.0 Å². The van der Waals surface area contributed by atoms with Gasteiger partial charge in [0.1, 0.15) is 0 Å². The van der Waals surface area contributed by atoms with Crippen molar-refractivity contribution in [3.63, 3.8) is 0 Å². The molecule has 0 aliphatic rings. The summed E-state index contributed by atoms with van der Waals surface area (Å²) >= 11 is 4.72. The van der Waals surface area contributed by atoms with Crippen LogP contribution in [-0.2, 0) is 4.79 Å². The molecule has 1 N–H and O–H groups in total. The average Bonchev–Trinajstić information content (AvgIpc) is 3.23. The summed E-state index contributed by atoms with van der Waals surface area (Å²) in [5.41, 5.74) is 5.33. The molecule has 0 aliphatic heterocycles. The van der Waals surface area contributed by atoms with Gasteiger partial charge in [-0.15, -0.1) is 10.2 Å². The van der Waals surface area contributed by atoms with Crippen LogP contribution in [0.3, 0.4) is 0 Å². The van der Waals surface area contributed by atoms with Gasteiger partial charge in [0, 0.05) is 15.7 Å². The molecule has 1 amide bonds. The molecule has 6 nitrogen and oxygen atoms in total. The Morgan fingerprint density at radius 3 is 2.48 bits per heavy atom. The summed E-state index contributed by atoms with van der Waals surface area (Å²) in [7, 11) is 0. The molecule has 0 aliphatic carbocycles. The summed E-state index contributed by atoms with van der Waals surface area (Å²) in [6, 6.07) is 27.4. The molecule has 0 saturated carbocycles. The zero-order chi connectivity index (χ0) is 21.5. The molecule has 1 heterocycles. The number of halogens is 1. The lowest BCUT2D eigenvalue weighted by atomic mass is 10.2. The lowest BCUT2D eigenvalue weighted by molar-refractivity contribution is -0.118. The monoisotopic (exact) mass is 491 g/mol. The molecule has 31 heavy (non-hydrogen) atoms. The van der Waals surface area contributed by atoms with E-state index in [4.69, 9.17) is 0 Å². The maximum Gasteiger partial charge on any atom is 0.250 e. The van der Waals surface area contributed by atoms with Gasteiger partial charge in [-0.25, -0.2) is 5.43 Å². The Morgan fingerprint density at radius 1 is 1.00 bits per heavy atom. The van der Waals surface area contributed by atoms with E-state index < -0.39 is 0 Å². The quantitative estimate of drug-likeness (QED) is 0.225. The number of thioether (sulfide) groups is 1. The number of amides is 1. The van der Waals surface area contributed by atoms with Gasteiger partial charge in [0.2, 0.25) is 0 Å². The Balaban J connectivity index is 1.48. The molecule has 1 aromatic heterocycles. The minimum absolute atomic E-state index is 0.162. The van der Waals surface area contributed by atoms with E-state index in [2.05, 4.69) is 36.7 Å². The third kappa shape index (κ3) is 5.48. The third-order valence-electron chi connectivity index (χ3n) is 4.26. The second-order valence-electron chi connectivity index (χ2n) is 6.48. The van der Waals surface area contributed by atoms with Gasteiger partial charge in [0.25, 0.3) is 5.91 Å². The first kappa shape index (κ1) is 21.0. The van der Waals surface area contributed by atoms with Crippen LogP contribution in [0.4, 0.5) is 0 Å². The van der Waals surface area contributed by atoms with Crippen molar-refractivity contribution in [1.82, 2.24) is 20.2 Å². The van der Waals surface area contributed by atoms with Crippen LogP contribution < -0.4 is 5.43 Å². The van der Waals surface area contributed by atoms with Gasteiger partial charge in [-0.1, -0.05) is 88.4 Å². The number of nitrogens with one attached hydrogen (secondary N) is 1. The van der Waals surface area contributed by atoms with Crippen LogP contribution in [0.25, 0.3) is 17.1 Å². The number of benzene rings is 3. The van der Waals surface area contributed by atoms with Crippen molar-refractivity contribution in [2.45, 2.75) is 5.16 Å². The molecule has 0 spiro atoms. The molecule has 0 fully saturated rings. The highest BCUT2D eigenvalue weighted by atomic mass is 79.9. The molecule has 4 rings (SSSR count). The lowest BCUT2D eigenvalue weighted by Gasteiger charge is -2.10. The highest BCUT2D eigenvalue weighted by Crippen LogP contribution is 2.27. The number of carbonyl (C=O) groups excluding carboxylic acids is 1. The number of para-hydroxylation sites is 1. The van der Waals surface area contributed by atoms with E-state index in [1.165, 1.54) is 11.8 Å². The van der Waals surface area contributed by atoms with Crippen molar-refractivity contribution < 1.29 is 4.79 Å². The van der Waals surface area contributed by atoms with Crippen molar-refractivity contribution in [2.24, 2.45) is 5.10 Å². The van der Waals surface area contributed by atoms with Crippen molar-refractivity contribution in [1.29, 1.82) is 0 Å². The fourth-order valence-corrected chi connectivity index (χ4v) is 4.04. The predicted octanol–water partition coefficient (Wildman–Crippen LogP) is 4.94. The summed E-state index contributed by atoms with van der Waals surface area (Å²) in [5, 5.41) is 13.4. The number of rotatable bonds is 7. The molecular formula is C23H18BrN5OS. The van der Waals surface area contributed by atoms with Gasteiger partial charge >= 0.3 is 0 Å². The number of hydrazone groups is 1. The van der Waals surface area contributed by atoms with Gasteiger partial charge in [-0.3, -0.25) is 9.36 Å². The van der Waals surface area contributed by atoms with Crippen LogP contribution in [0.2, 0.25) is 0 Å². The first-order valence-electron chi connectivity index (χ1n) is 9.47. The van der Waals surface area contributed by atoms with E-state index in [0.717, 1.165) is 27.1 Å². The van der Waals surface area contributed by atoms with Gasteiger partial charge in [-0.2, -0.15) is 5.10 Å². The van der Waals surface area contributed by atoms with Crippen molar-refractivity contribution in [3.8, 4) is 17.1 Å². The van der Waals surface area contributed by atoms with Crippen LogP contribution >= 0.6 is 27.7 Å². The largest absolute Gasteiger partial charge is 0.272 e. The molecule has 0 bridgehead atoms. The van der Waals surface area contributed by atoms with E-state index in [1.807, 2.05) is 89.5 Å². The Morgan fingerprint density at radius 2 is 1.74 bits per heavy atom. The Bertz CT molecular complexity index is 1200. The maximum absolute atomic E-state index is 12.3. The molecule has 8 heteroatoms. The zero-order valence-corrected chi connectivity index (χ0v) is 18.8. The van der Waals surface area contributed by atoms with Crippen LogP contribution in [0, 0.1) is 0 Å². The van der Waals surface area contributed by atoms with Crippen molar-refractivity contribution in [2.75, 3.05) is 5.75 Å². The molecular weight excluding hydrogens is 474 g/mol. The second kappa shape index (κ2) is 10.2. The van der Waals surface area contributed by atoms with Crippen LogP contribution in [0.15, 0.2) is 99.7 Å². The molecule has 0 unspecified atom stereocenters. The van der Waals surface area contributed by atoms with Gasteiger partial charge in [0.05, 0.1) is 12.0 Å². The number of nitrogens with zero attached hydrogens (tertiary/aromatic N) is 4. The molecule has 0 atom stereocenters. The van der Waals surface area contributed by atoms with Gasteiger partial charge in [-0.05, 0) is 29.8 Å². The fraction of sp³-hybridized carbons (Fsp3) is 0.0435. The van der Waals surface area contributed by atoms with E-state index in [9.17, 15) is 4.79 Å². The molecule has 0 saturated heterocycles. The Kier molecular flexibility index (Phi) is 6.91.